The van der Waals surface area contributed by atoms with Gasteiger partial charge in [-0.1, -0.05) is 115 Å². The van der Waals surface area contributed by atoms with E-state index in [4.69, 9.17) is 0 Å². The van der Waals surface area contributed by atoms with Crippen molar-refractivity contribution in [2.24, 2.45) is 0 Å². The fourth-order valence-corrected chi connectivity index (χ4v) is 7.18. The van der Waals surface area contributed by atoms with Gasteiger partial charge in [-0.3, -0.25) is 0 Å². The number of hydrogen-bond acceptors (Lipinski definition) is 3. The summed E-state index contributed by atoms with van der Waals surface area (Å²) in [6.45, 7) is 0. The monoisotopic (exact) mass is 620 g/mol. The smallest absolute Gasteiger partial charge is 0.0472 e. The third kappa shape index (κ3) is 6.05. The molecule has 47 heavy (non-hydrogen) atoms. The first-order valence-corrected chi connectivity index (χ1v) is 16.7. The molecule has 0 radical (unpaired) electrons. The van der Waals surface area contributed by atoms with Crippen LogP contribution in [-0.4, -0.2) is 0 Å². The molecule has 1 N–H and O–H groups in total. The van der Waals surface area contributed by atoms with Crippen LogP contribution in [0.1, 0.15) is 0 Å². The summed E-state index contributed by atoms with van der Waals surface area (Å²) in [5.41, 5.74) is 11.5. The van der Waals surface area contributed by atoms with Gasteiger partial charge >= 0.3 is 0 Å². The van der Waals surface area contributed by atoms with Crippen LogP contribution < -0.4 is 10.2 Å². The summed E-state index contributed by atoms with van der Waals surface area (Å²) in [6.07, 6.45) is 0. The average molecular weight is 621 g/mol. The number of fused-ring (bicyclic) bond motifs is 1. The Labute approximate surface area is 279 Å². The molecular formula is C44H32N2S. The maximum Gasteiger partial charge on any atom is 0.0472 e. The highest BCUT2D eigenvalue weighted by atomic mass is 32.1. The van der Waals surface area contributed by atoms with Gasteiger partial charge in [0.1, 0.15) is 0 Å². The van der Waals surface area contributed by atoms with E-state index < -0.39 is 0 Å². The summed E-state index contributed by atoms with van der Waals surface area (Å²) in [7, 11) is 0. The topological polar surface area (TPSA) is 15.3 Å². The minimum absolute atomic E-state index is 1.07. The fourth-order valence-electron chi connectivity index (χ4n) is 6.09. The van der Waals surface area contributed by atoms with E-state index in [0.717, 1.165) is 28.4 Å². The predicted octanol–water partition coefficient (Wildman–Crippen LogP) is 13.1. The zero-order valence-corrected chi connectivity index (χ0v) is 26.6. The second-order valence-electron chi connectivity index (χ2n) is 11.5. The van der Waals surface area contributed by atoms with Crippen LogP contribution in [0.15, 0.2) is 188 Å². The lowest BCUT2D eigenvalue weighted by atomic mass is 9.99. The molecule has 224 valence electrons. The number of benzene rings is 7. The first-order chi connectivity index (χ1) is 23.3. The molecule has 0 saturated carbocycles. The first kappa shape index (κ1) is 28.6. The van der Waals surface area contributed by atoms with Crippen molar-refractivity contribution in [3.05, 3.63) is 188 Å². The van der Waals surface area contributed by atoms with Crippen molar-refractivity contribution in [1.82, 2.24) is 0 Å². The lowest BCUT2D eigenvalue weighted by Gasteiger charge is -2.26. The number of anilines is 5. The van der Waals surface area contributed by atoms with E-state index >= 15 is 0 Å². The summed E-state index contributed by atoms with van der Waals surface area (Å²) in [5.74, 6) is 0. The molecule has 0 bridgehead atoms. The van der Waals surface area contributed by atoms with Crippen LogP contribution in [-0.2, 0) is 0 Å². The lowest BCUT2D eigenvalue weighted by Crippen LogP contribution is -2.09. The Morgan fingerprint density at radius 3 is 1.57 bits per heavy atom. The Balaban J connectivity index is 1.16. The van der Waals surface area contributed by atoms with Crippen molar-refractivity contribution in [3.8, 4) is 32.7 Å². The van der Waals surface area contributed by atoms with Crippen molar-refractivity contribution in [3.63, 3.8) is 0 Å². The second kappa shape index (κ2) is 12.8. The molecule has 0 aliphatic carbocycles. The van der Waals surface area contributed by atoms with Crippen LogP contribution in [0.2, 0.25) is 0 Å². The highest BCUT2D eigenvalue weighted by Crippen LogP contribution is 2.41. The molecule has 2 nitrogen and oxygen atoms in total. The molecule has 0 aliphatic rings. The van der Waals surface area contributed by atoms with E-state index in [1.54, 1.807) is 0 Å². The van der Waals surface area contributed by atoms with E-state index in [-0.39, 0.29) is 0 Å². The van der Waals surface area contributed by atoms with Crippen molar-refractivity contribution in [1.29, 1.82) is 0 Å². The quantitative estimate of drug-likeness (QED) is 0.182. The normalized spacial score (nSPS) is 11.0. The Morgan fingerprint density at radius 2 is 0.915 bits per heavy atom. The maximum absolute atomic E-state index is 3.67. The van der Waals surface area contributed by atoms with Crippen LogP contribution in [0.4, 0.5) is 28.4 Å². The summed E-state index contributed by atoms with van der Waals surface area (Å²) < 4.78 is 1.29. The van der Waals surface area contributed by atoms with E-state index in [9.17, 15) is 0 Å². The van der Waals surface area contributed by atoms with Gasteiger partial charge in [0.05, 0.1) is 0 Å². The molecule has 0 spiro atoms. The first-order valence-electron chi connectivity index (χ1n) is 15.8. The van der Waals surface area contributed by atoms with Crippen LogP contribution >= 0.6 is 11.3 Å². The van der Waals surface area contributed by atoms with Crippen molar-refractivity contribution < 1.29 is 0 Å². The molecule has 0 aliphatic heterocycles. The molecule has 8 rings (SSSR count). The van der Waals surface area contributed by atoms with Gasteiger partial charge in [-0.05, 0) is 100 Å². The zero-order chi connectivity index (χ0) is 31.4. The molecule has 0 fully saturated rings. The molecule has 0 saturated heterocycles. The molecule has 1 aromatic heterocycles. The number of para-hydroxylation sites is 2. The number of thiophene rings is 1. The standard InChI is InChI=1S/C44H32N2S/c1-4-12-32(13-5-1)33-20-25-39(26-21-33)46(38-17-8-3-9-18-38)40-27-22-34(23-28-40)35-24-29-42(45-37-15-6-2-7-16-37)41(30-35)44-31-36-14-10-11-19-43(36)47-44/h1-31,45H. The number of rotatable bonds is 8. The zero-order valence-electron chi connectivity index (χ0n) is 25.8. The largest absolute Gasteiger partial charge is 0.355 e. The van der Waals surface area contributed by atoms with Gasteiger partial charge in [0.15, 0.2) is 0 Å². The van der Waals surface area contributed by atoms with Crippen LogP contribution in [0.5, 0.6) is 0 Å². The van der Waals surface area contributed by atoms with E-state index in [0.29, 0.717) is 0 Å². The molecule has 3 heteroatoms. The highest BCUT2D eigenvalue weighted by Gasteiger charge is 2.15. The Bertz CT molecular complexity index is 2210. The third-order valence-corrected chi connectivity index (χ3v) is 9.62. The Morgan fingerprint density at radius 1 is 0.404 bits per heavy atom. The van der Waals surface area contributed by atoms with Gasteiger partial charge in [0, 0.05) is 43.6 Å². The molecule has 0 atom stereocenters. The Kier molecular flexibility index (Phi) is 7.80. The highest BCUT2D eigenvalue weighted by molar-refractivity contribution is 7.22. The van der Waals surface area contributed by atoms with E-state index in [2.05, 4.69) is 192 Å². The average Bonchev–Trinajstić information content (AvgIpc) is 3.58. The van der Waals surface area contributed by atoms with Gasteiger partial charge in [0.25, 0.3) is 0 Å². The summed E-state index contributed by atoms with van der Waals surface area (Å²) in [4.78, 5) is 3.56. The van der Waals surface area contributed by atoms with Crippen molar-refractivity contribution in [2.75, 3.05) is 10.2 Å². The minimum atomic E-state index is 1.07. The molecular weight excluding hydrogens is 589 g/mol. The van der Waals surface area contributed by atoms with Gasteiger partial charge in [-0.2, -0.15) is 0 Å². The van der Waals surface area contributed by atoms with Gasteiger partial charge in [-0.15, -0.1) is 11.3 Å². The SMILES string of the molecule is c1ccc(Nc2ccc(-c3ccc(N(c4ccccc4)c4ccc(-c5ccccc5)cc4)cc3)cc2-c2cc3ccccc3s2)cc1. The van der Waals surface area contributed by atoms with Crippen LogP contribution in [0, 0.1) is 0 Å². The van der Waals surface area contributed by atoms with Gasteiger partial charge in [-0.25, -0.2) is 0 Å². The van der Waals surface area contributed by atoms with Crippen molar-refractivity contribution >= 4 is 49.9 Å². The van der Waals surface area contributed by atoms with E-state index in [1.807, 2.05) is 17.4 Å². The maximum atomic E-state index is 3.67. The molecule has 0 amide bonds. The summed E-state index contributed by atoms with van der Waals surface area (Å²) in [5, 5.41) is 4.94. The predicted molar refractivity (Wildman–Crippen MR) is 203 cm³/mol. The number of nitrogens with zero attached hydrogens (tertiary/aromatic N) is 1. The van der Waals surface area contributed by atoms with Crippen molar-refractivity contribution in [2.45, 2.75) is 0 Å². The van der Waals surface area contributed by atoms with Crippen LogP contribution in [0.3, 0.4) is 0 Å². The number of hydrogen-bond donors (Lipinski definition) is 1. The van der Waals surface area contributed by atoms with Gasteiger partial charge in [0.2, 0.25) is 0 Å². The third-order valence-electron chi connectivity index (χ3n) is 8.47. The summed E-state index contributed by atoms with van der Waals surface area (Å²) >= 11 is 1.83. The molecule has 8 aromatic rings. The lowest BCUT2D eigenvalue weighted by molar-refractivity contribution is 1.28. The van der Waals surface area contributed by atoms with Crippen LogP contribution in [0.25, 0.3) is 42.8 Å². The Hall–Kier alpha value is -5.90. The minimum Gasteiger partial charge on any atom is -0.355 e. The fraction of sp³-hybridized carbons (Fsp3) is 0. The molecule has 0 unspecified atom stereocenters. The second-order valence-corrected chi connectivity index (χ2v) is 12.6. The van der Waals surface area contributed by atoms with E-state index in [1.165, 1.54) is 42.8 Å². The number of nitrogens with one attached hydrogen (secondary N) is 1. The molecule has 1 heterocycles. The molecule has 7 aromatic carbocycles. The summed E-state index contributed by atoms with van der Waals surface area (Å²) in [6, 6.07) is 66.9. The van der Waals surface area contributed by atoms with Gasteiger partial charge < -0.3 is 10.2 Å².